The van der Waals surface area contributed by atoms with Crippen molar-refractivity contribution in [2.45, 2.75) is 23.6 Å². The smallest absolute Gasteiger partial charge is 0.142 e. The van der Waals surface area contributed by atoms with E-state index in [0.29, 0.717) is 13.0 Å². The van der Waals surface area contributed by atoms with Crippen LogP contribution in [0.3, 0.4) is 0 Å². The van der Waals surface area contributed by atoms with Crippen molar-refractivity contribution in [3.63, 3.8) is 0 Å². The molecule has 19 heavy (non-hydrogen) atoms. The molecule has 6 heteroatoms. The Morgan fingerprint density at radius 3 is 2.63 bits per heavy atom. The highest BCUT2D eigenvalue weighted by Crippen LogP contribution is 2.36. The molecule has 1 saturated heterocycles. The second-order valence-electron chi connectivity index (χ2n) is 5.22. The molecular formula is C13H20FN2OPS. The number of aryl methyl sites for hydroxylation is 1. The summed E-state index contributed by atoms with van der Waals surface area (Å²) in [7, 11) is 4.73. The SMILES string of the molecule is Cc1cc(S(=O)N(C)C)ccc1N1CCC(F)(P)C1. The number of hydrogen-bond donors (Lipinski definition) is 0. The van der Waals surface area contributed by atoms with Gasteiger partial charge in [-0.3, -0.25) is 0 Å². The number of nitrogens with zero attached hydrogens (tertiary/aromatic N) is 2. The number of rotatable bonds is 3. The molecule has 1 aromatic rings. The van der Waals surface area contributed by atoms with Gasteiger partial charge in [0.25, 0.3) is 0 Å². The third-order valence-electron chi connectivity index (χ3n) is 3.29. The lowest BCUT2D eigenvalue weighted by Crippen LogP contribution is -2.24. The van der Waals surface area contributed by atoms with E-state index in [1.165, 1.54) is 0 Å². The molecule has 1 fully saturated rings. The minimum Gasteiger partial charge on any atom is -0.368 e. The van der Waals surface area contributed by atoms with E-state index < -0.39 is 16.4 Å². The zero-order valence-electron chi connectivity index (χ0n) is 11.5. The van der Waals surface area contributed by atoms with Crippen molar-refractivity contribution in [2.75, 3.05) is 32.1 Å². The number of anilines is 1. The van der Waals surface area contributed by atoms with E-state index in [-0.39, 0.29) is 0 Å². The van der Waals surface area contributed by atoms with E-state index in [1.54, 1.807) is 18.4 Å². The molecule has 3 nitrogen and oxygen atoms in total. The Morgan fingerprint density at radius 1 is 1.47 bits per heavy atom. The summed E-state index contributed by atoms with van der Waals surface area (Å²) in [6.45, 7) is 3.10. The molecule has 2 rings (SSSR count). The summed E-state index contributed by atoms with van der Waals surface area (Å²) in [6, 6.07) is 5.73. The molecule has 3 unspecified atom stereocenters. The van der Waals surface area contributed by atoms with E-state index >= 15 is 0 Å². The van der Waals surface area contributed by atoms with E-state index in [1.807, 2.05) is 30.0 Å². The monoisotopic (exact) mass is 302 g/mol. The average Bonchev–Trinajstić information content (AvgIpc) is 2.68. The second kappa shape index (κ2) is 5.47. The Hall–Kier alpha value is -0.510. The van der Waals surface area contributed by atoms with E-state index in [4.69, 9.17) is 0 Å². The van der Waals surface area contributed by atoms with Crippen LogP contribution in [0.2, 0.25) is 0 Å². The first kappa shape index (κ1) is 14.9. The van der Waals surface area contributed by atoms with Crippen LogP contribution in [0.5, 0.6) is 0 Å². The quantitative estimate of drug-likeness (QED) is 0.800. The zero-order valence-corrected chi connectivity index (χ0v) is 13.5. The Kier molecular flexibility index (Phi) is 4.29. The maximum Gasteiger partial charge on any atom is 0.142 e. The van der Waals surface area contributed by atoms with Gasteiger partial charge in [0.1, 0.15) is 16.4 Å². The number of halogens is 1. The predicted molar refractivity (Wildman–Crippen MR) is 81.7 cm³/mol. The molecule has 0 radical (unpaired) electrons. The fourth-order valence-corrected chi connectivity index (χ4v) is 3.54. The number of alkyl halides is 1. The van der Waals surface area contributed by atoms with E-state index in [9.17, 15) is 8.60 Å². The van der Waals surface area contributed by atoms with Crippen LogP contribution in [-0.4, -0.2) is 41.1 Å². The Morgan fingerprint density at radius 2 is 2.16 bits per heavy atom. The average molecular weight is 302 g/mol. The molecule has 0 amide bonds. The summed E-state index contributed by atoms with van der Waals surface area (Å²) in [4.78, 5) is 2.83. The van der Waals surface area contributed by atoms with Gasteiger partial charge >= 0.3 is 0 Å². The lowest BCUT2D eigenvalue weighted by Gasteiger charge is -2.22. The first-order chi connectivity index (χ1) is 8.80. The van der Waals surface area contributed by atoms with Gasteiger partial charge in [-0.05, 0) is 44.8 Å². The van der Waals surface area contributed by atoms with Crippen molar-refractivity contribution in [2.24, 2.45) is 0 Å². The standard InChI is InChI=1S/C13H20FN2OPS/c1-10-8-11(19(17)15(2)3)4-5-12(10)16-7-6-13(14,18)9-16/h4-5,8H,6-7,9,18H2,1-3H3. The van der Waals surface area contributed by atoms with E-state index in [0.717, 1.165) is 22.7 Å². The molecule has 106 valence electrons. The summed E-state index contributed by atoms with van der Waals surface area (Å²) in [5.41, 5.74) is 2.07. The summed E-state index contributed by atoms with van der Waals surface area (Å²) in [6.07, 6.45) is 0.530. The van der Waals surface area contributed by atoms with Crippen molar-refractivity contribution in [3.05, 3.63) is 23.8 Å². The highest BCUT2D eigenvalue weighted by atomic mass is 32.2. The van der Waals surface area contributed by atoms with Crippen LogP contribution in [0, 0.1) is 6.92 Å². The van der Waals surface area contributed by atoms with E-state index in [2.05, 4.69) is 9.24 Å². The topological polar surface area (TPSA) is 23.6 Å². The molecule has 0 bridgehead atoms. The summed E-state index contributed by atoms with van der Waals surface area (Å²) in [5.74, 6) is 0. The van der Waals surface area contributed by atoms with Crippen LogP contribution in [0.25, 0.3) is 0 Å². The highest BCUT2D eigenvalue weighted by molar-refractivity contribution is 7.82. The lowest BCUT2D eigenvalue weighted by molar-refractivity contribution is 0.318. The second-order valence-corrected chi connectivity index (χ2v) is 7.95. The maximum atomic E-state index is 13.9. The molecule has 1 aliphatic rings. The number of hydrogen-bond acceptors (Lipinski definition) is 2. The molecule has 1 aromatic carbocycles. The van der Waals surface area contributed by atoms with Gasteiger partial charge in [-0.15, -0.1) is 0 Å². The maximum absolute atomic E-state index is 13.9. The Balaban J connectivity index is 2.23. The van der Waals surface area contributed by atoms with Crippen molar-refractivity contribution in [1.29, 1.82) is 0 Å². The normalized spacial score (nSPS) is 25.1. The van der Waals surface area contributed by atoms with Crippen LogP contribution in [0.1, 0.15) is 12.0 Å². The lowest BCUT2D eigenvalue weighted by atomic mass is 10.2. The Bertz CT molecular complexity index is 507. The highest BCUT2D eigenvalue weighted by Gasteiger charge is 2.34. The first-order valence-electron chi connectivity index (χ1n) is 6.23. The van der Waals surface area contributed by atoms with Gasteiger partial charge in [-0.2, -0.15) is 0 Å². The fraction of sp³-hybridized carbons (Fsp3) is 0.538. The van der Waals surface area contributed by atoms with Crippen LogP contribution in [-0.2, 0) is 11.0 Å². The van der Waals surface area contributed by atoms with Gasteiger partial charge < -0.3 is 4.90 Å². The van der Waals surface area contributed by atoms with Crippen molar-refractivity contribution < 1.29 is 8.60 Å². The van der Waals surface area contributed by atoms with Gasteiger partial charge in [-0.25, -0.2) is 12.9 Å². The molecule has 1 aliphatic heterocycles. The van der Waals surface area contributed by atoms with Crippen LogP contribution in [0.4, 0.5) is 10.1 Å². The first-order valence-corrected chi connectivity index (χ1v) is 7.91. The van der Waals surface area contributed by atoms with Crippen molar-refractivity contribution in [3.8, 4) is 0 Å². The third-order valence-corrected chi connectivity index (χ3v) is 5.09. The molecule has 0 aromatic heterocycles. The molecule has 0 N–H and O–H groups in total. The fourth-order valence-electron chi connectivity index (χ4n) is 2.30. The third kappa shape index (κ3) is 3.33. The van der Waals surface area contributed by atoms with Crippen molar-refractivity contribution in [1.82, 2.24) is 4.31 Å². The predicted octanol–water partition coefficient (Wildman–Crippen LogP) is 2.33. The van der Waals surface area contributed by atoms with Gasteiger partial charge in [0.05, 0.1) is 11.4 Å². The van der Waals surface area contributed by atoms with Gasteiger partial charge in [0, 0.05) is 18.7 Å². The van der Waals surface area contributed by atoms with Crippen molar-refractivity contribution >= 4 is 25.9 Å². The number of benzene rings is 1. The van der Waals surface area contributed by atoms with Gasteiger partial charge in [0.15, 0.2) is 0 Å². The van der Waals surface area contributed by atoms with Crippen LogP contribution in [0.15, 0.2) is 23.1 Å². The minimum absolute atomic E-state index is 0.397. The zero-order chi connectivity index (χ0) is 14.2. The van der Waals surface area contributed by atoms with Crippen LogP contribution >= 0.6 is 9.24 Å². The van der Waals surface area contributed by atoms with Crippen LogP contribution < -0.4 is 4.90 Å². The molecular weight excluding hydrogens is 282 g/mol. The molecule has 1 heterocycles. The summed E-state index contributed by atoms with van der Waals surface area (Å²) in [5, 5.41) is -1.18. The summed E-state index contributed by atoms with van der Waals surface area (Å²) >= 11 is 0. The Labute approximate surface area is 119 Å². The molecule has 0 spiro atoms. The largest absolute Gasteiger partial charge is 0.368 e. The van der Waals surface area contributed by atoms with Gasteiger partial charge in [-0.1, -0.05) is 9.24 Å². The molecule has 3 atom stereocenters. The minimum atomic E-state index is -1.18. The van der Waals surface area contributed by atoms with Gasteiger partial charge in [0.2, 0.25) is 0 Å². The molecule has 0 aliphatic carbocycles. The summed E-state index contributed by atoms with van der Waals surface area (Å²) < 4.78 is 27.5. The molecule has 0 saturated carbocycles.